The molecule has 17 heavy (non-hydrogen) atoms. The summed E-state index contributed by atoms with van der Waals surface area (Å²) in [6.07, 6.45) is 1.26. The number of hydrogen-bond acceptors (Lipinski definition) is 4. The largest absolute Gasteiger partial charge is 0.354 e. The molecular formula is C11H21N3O2S. The van der Waals surface area contributed by atoms with E-state index in [1.54, 1.807) is 11.8 Å². The molecule has 5 nitrogen and oxygen atoms in total. The molecule has 0 spiro atoms. The summed E-state index contributed by atoms with van der Waals surface area (Å²) in [6, 6.07) is 0.101. The van der Waals surface area contributed by atoms with E-state index in [9.17, 15) is 9.59 Å². The first kappa shape index (κ1) is 14.3. The van der Waals surface area contributed by atoms with E-state index in [1.165, 1.54) is 0 Å². The molecular weight excluding hydrogens is 238 g/mol. The van der Waals surface area contributed by atoms with Gasteiger partial charge in [0, 0.05) is 30.6 Å². The fraction of sp³-hybridized carbons (Fsp3) is 0.818. The van der Waals surface area contributed by atoms with E-state index in [-0.39, 0.29) is 23.9 Å². The molecule has 2 atom stereocenters. The van der Waals surface area contributed by atoms with Gasteiger partial charge in [-0.1, -0.05) is 6.92 Å². The Morgan fingerprint density at radius 3 is 2.88 bits per heavy atom. The fourth-order valence-corrected chi connectivity index (χ4v) is 2.38. The Balaban J connectivity index is 2.10. The highest BCUT2D eigenvalue weighted by Crippen LogP contribution is 2.08. The van der Waals surface area contributed by atoms with Crippen LogP contribution in [0.2, 0.25) is 0 Å². The van der Waals surface area contributed by atoms with E-state index >= 15 is 0 Å². The van der Waals surface area contributed by atoms with Gasteiger partial charge in [-0.3, -0.25) is 14.9 Å². The predicted octanol–water partition coefficient (Wildman–Crippen LogP) is 0.0699. The van der Waals surface area contributed by atoms with Gasteiger partial charge in [0.2, 0.25) is 11.8 Å². The zero-order valence-electron chi connectivity index (χ0n) is 10.4. The van der Waals surface area contributed by atoms with Gasteiger partial charge >= 0.3 is 0 Å². The zero-order valence-corrected chi connectivity index (χ0v) is 11.2. The third kappa shape index (κ3) is 5.41. The highest BCUT2D eigenvalue weighted by Gasteiger charge is 2.21. The van der Waals surface area contributed by atoms with Gasteiger partial charge in [0.25, 0.3) is 0 Å². The Labute approximate surface area is 106 Å². The molecule has 1 aliphatic heterocycles. The molecule has 3 N–H and O–H groups in total. The van der Waals surface area contributed by atoms with E-state index in [2.05, 4.69) is 16.0 Å². The normalized spacial score (nSPS) is 20.9. The minimum atomic E-state index is -0.0994. The highest BCUT2D eigenvalue weighted by atomic mass is 32.2. The molecule has 1 aliphatic rings. The van der Waals surface area contributed by atoms with E-state index < -0.39 is 0 Å². The van der Waals surface area contributed by atoms with Crippen LogP contribution in [0.1, 0.15) is 26.7 Å². The Morgan fingerprint density at radius 1 is 1.53 bits per heavy atom. The number of nitrogens with one attached hydrogen (secondary N) is 3. The van der Waals surface area contributed by atoms with Crippen LogP contribution in [0.15, 0.2) is 0 Å². The van der Waals surface area contributed by atoms with Crippen LogP contribution in [-0.4, -0.2) is 42.1 Å². The molecule has 2 unspecified atom stereocenters. The monoisotopic (exact) mass is 259 g/mol. The highest BCUT2D eigenvalue weighted by molar-refractivity contribution is 7.99. The fourth-order valence-electron chi connectivity index (χ4n) is 1.44. The summed E-state index contributed by atoms with van der Waals surface area (Å²) in [7, 11) is 0. The maximum absolute atomic E-state index is 11.6. The molecule has 0 aromatic heterocycles. The van der Waals surface area contributed by atoms with Crippen LogP contribution in [0.4, 0.5) is 0 Å². The molecule has 1 rings (SSSR count). The van der Waals surface area contributed by atoms with Crippen molar-refractivity contribution in [1.29, 1.82) is 0 Å². The van der Waals surface area contributed by atoms with Crippen molar-refractivity contribution in [2.45, 2.75) is 38.8 Å². The Hall–Kier alpha value is -0.750. The van der Waals surface area contributed by atoms with E-state index in [1.807, 2.05) is 13.8 Å². The van der Waals surface area contributed by atoms with E-state index in [4.69, 9.17) is 0 Å². The van der Waals surface area contributed by atoms with Crippen molar-refractivity contribution in [1.82, 2.24) is 16.0 Å². The number of carbonyl (C=O) groups is 2. The van der Waals surface area contributed by atoms with Crippen LogP contribution in [-0.2, 0) is 9.59 Å². The summed E-state index contributed by atoms with van der Waals surface area (Å²) in [4.78, 5) is 23.0. The van der Waals surface area contributed by atoms with Crippen molar-refractivity contribution < 1.29 is 9.59 Å². The summed E-state index contributed by atoms with van der Waals surface area (Å²) < 4.78 is 0. The van der Waals surface area contributed by atoms with Crippen molar-refractivity contribution >= 4 is 23.6 Å². The lowest BCUT2D eigenvalue weighted by molar-refractivity contribution is -0.123. The van der Waals surface area contributed by atoms with Crippen LogP contribution in [0.3, 0.4) is 0 Å². The van der Waals surface area contributed by atoms with Gasteiger partial charge in [-0.15, -0.1) is 11.8 Å². The Morgan fingerprint density at radius 2 is 2.29 bits per heavy atom. The van der Waals surface area contributed by atoms with Gasteiger partial charge < -0.3 is 10.6 Å². The van der Waals surface area contributed by atoms with Crippen LogP contribution in [0.25, 0.3) is 0 Å². The number of hydrogen-bond donors (Lipinski definition) is 3. The first-order valence-electron chi connectivity index (χ1n) is 6.01. The lowest BCUT2D eigenvalue weighted by atomic mass is 10.2. The summed E-state index contributed by atoms with van der Waals surface area (Å²) in [5.74, 6) is 1.62. The van der Waals surface area contributed by atoms with Gasteiger partial charge in [-0.25, -0.2) is 0 Å². The molecule has 0 saturated carbocycles. The van der Waals surface area contributed by atoms with Crippen LogP contribution >= 0.6 is 11.8 Å². The summed E-state index contributed by atoms with van der Waals surface area (Å²) >= 11 is 1.71. The maximum Gasteiger partial charge on any atom is 0.238 e. The SMILES string of the molecule is CCC(C)NC(=O)CCNC(=O)C1CSCN1. The zero-order chi connectivity index (χ0) is 12.7. The number of carbonyl (C=O) groups excluding carboxylic acids is 2. The molecule has 2 amide bonds. The summed E-state index contributed by atoms with van der Waals surface area (Å²) in [6.45, 7) is 4.40. The number of thioether (sulfide) groups is 1. The third-order valence-electron chi connectivity index (χ3n) is 2.70. The van der Waals surface area contributed by atoms with Gasteiger partial charge in [0.1, 0.15) is 0 Å². The number of rotatable bonds is 6. The second-order valence-electron chi connectivity index (χ2n) is 4.19. The Bertz CT molecular complexity index is 267. The molecule has 0 radical (unpaired) electrons. The van der Waals surface area contributed by atoms with Crippen LogP contribution in [0, 0.1) is 0 Å². The summed E-state index contributed by atoms with van der Waals surface area (Å²) in [5, 5.41) is 8.72. The van der Waals surface area contributed by atoms with Crippen molar-refractivity contribution in [2.24, 2.45) is 0 Å². The van der Waals surface area contributed by atoms with Crippen LogP contribution in [0.5, 0.6) is 0 Å². The molecule has 6 heteroatoms. The van der Waals surface area contributed by atoms with Gasteiger partial charge in [0.05, 0.1) is 6.04 Å². The number of amides is 2. The van der Waals surface area contributed by atoms with Gasteiger partial charge in [-0.2, -0.15) is 0 Å². The van der Waals surface area contributed by atoms with Crippen molar-refractivity contribution in [3.8, 4) is 0 Å². The molecule has 1 heterocycles. The maximum atomic E-state index is 11.6. The standard InChI is InChI=1S/C11H21N3O2S/c1-3-8(2)14-10(15)4-5-12-11(16)9-6-17-7-13-9/h8-9,13H,3-7H2,1-2H3,(H,12,16)(H,14,15). The molecule has 0 aliphatic carbocycles. The minimum Gasteiger partial charge on any atom is -0.354 e. The molecule has 1 saturated heterocycles. The Kier molecular flexibility index (Phi) is 6.36. The van der Waals surface area contributed by atoms with Crippen molar-refractivity contribution in [2.75, 3.05) is 18.2 Å². The average Bonchev–Trinajstić information content (AvgIpc) is 2.82. The first-order valence-corrected chi connectivity index (χ1v) is 7.17. The van der Waals surface area contributed by atoms with Crippen molar-refractivity contribution in [3.05, 3.63) is 0 Å². The lowest BCUT2D eigenvalue weighted by Gasteiger charge is -2.13. The predicted molar refractivity (Wildman–Crippen MR) is 69.8 cm³/mol. The van der Waals surface area contributed by atoms with E-state index in [0.717, 1.165) is 18.1 Å². The van der Waals surface area contributed by atoms with Gasteiger partial charge in [-0.05, 0) is 13.3 Å². The molecule has 98 valence electrons. The second kappa shape index (κ2) is 7.55. The quantitative estimate of drug-likeness (QED) is 0.631. The van der Waals surface area contributed by atoms with Gasteiger partial charge in [0.15, 0.2) is 0 Å². The minimum absolute atomic E-state index is 0.00611. The van der Waals surface area contributed by atoms with Crippen molar-refractivity contribution in [3.63, 3.8) is 0 Å². The molecule has 1 fully saturated rings. The lowest BCUT2D eigenvalue weighted by Crippen LogP contribution is -2.43. The molecule has 0 aromatic carbocycles. The second-order valence-corrected chi connectivity index (χ2v) is 5.22. The molecule has 0 aromatic rings. The summed E-state index contributed by atoms with van der Waals surface area (Å²) in [5.41, 5.74) is 0. The third-order valence-corrected chi connectivity index (χ3v) is 3.64. The van der Waals surface area contributed by atoms with E-state index in [0.29, 0.717) is 13.0 Å². The topological polar surface area (TPSA) is 70.2 Å². The smallest absolute Gasteiger partial charge is 0.238 e. The van der Waals surface area contributed by atoms with Crippen LogP contribution < -0.4 is 16.0 Å². The average molecular weight is 259 g/mol. The first-order chi connectivity index (χ1) is 8.13. The molecule has 0 bridgehead atoms.